The highest BCUT2D eigenvalue weighted by atomic mass is 16.5. The summed E-state index contributed by atoms with van der Waals surface area (Å²) in [4.78, 5) is 25.6. The molecule has 22 heavy (non-hydrogen) atoms. The fourth-order valence-electron chi connectivity index (χ4n) is 2.89. The molecule has 2 amide bonds. The van der Waals surface area contributed by atoms with E-state index in [2.05, 4.69) is 11.4 Å². The van der Waals surface area contributed by atoms with E-state index in [0.717, 1.165) is 24.3 Å². The Bertz CT molecular complexity index is 624. The highest BCUT2D eigenvalue weighted by molar-refractivity contribution is 5.92. The molecule has 0 saturated carbocycles. The molecule has 1 aromatic carbocycles. The second-order valence-electron chi connectivity index (χ2n) is 5.73. The van der Waals surface area contributed by atoms with E-state index in [4.69, 9.17) is 4.74 Å². The van der Waals surface area contributed by atoms with Gasteiger partial charge in [-0.3, -0.25) is 9.59 Å². The Morgan fingerprint density at radius 1 is 1.45 bits per heavy atom. The fourth-order valence-corrected chi connectivity index (χ4v) is 2.89. The quantitative estimate of drug-likeness (QED) is 0.839. The summed E-state index contributed by atoms with van der Waals surface area (Å²) in [6.45, 7) is 3.70. The number of amides is 2. The molecule has 1 fully saturated rings. The number of carbonyl (C=O) groups excluding carboxylic acids is 2. The Labute approximate surface area is 129 Å². The maximum absolute atomic E-state index is 12.4. The number of rotatable bonds is 2. The lowest BCUT2D eigenvalue weighted by atomic mass is 10.1. The lowest BCUT2D eigenvalue weighted by molar-refractivity contribution is -0.128. The van der Waals surface area contributed by atoms with Crippen molar-refractivity contribution in [1.29, 1.82) is 0 Å². The average molecular weight is 300 g/mol. The molecule has 1 aromatic rings. The lowest BCUT2D eigenvalue weighted by Crippen LogP contribution is -2.38. The summed E-state index contributed by atoms with van der Waals surface area (Å²) in [6.07, 6.45) is 4.69. The first kappa shape index (κ1) is 14.6. The van der Waals surface area contributed by atoms with Crippen molar-refractivity contribution in [3.05, 3.63) is 35.4 Å². The molecule has 0 radical (unpaired) electrons. The summed E-state index contributed by atoms with van der Waals surface area (Å²) in [6, 6.07) is 5.88. The first-order chi connectivity index (χ1) is 10.6. The van der Waals surface area contributed by atoms with Gasteiger partial charge in [0.2, 0.25) is 11.8 Å². The summed E-state index contributed by atoms with van der Waals surface area (Å²) in [5.74, 6) is 0.889. The topological polar surface area (TPSA) is 58.6 Å². The third-order valence-corrected chi connectivity index (χ3v) is 4.10. The van der Waals surface area contributed by atoms with E-state index in [9.17, 15) is 9.59 Å². The van der Waals surface area contributed by atoms with Crippen LogP contribution in [-0.4, -0.2) is 42.5 Å². The molecule has 0 spiro atoms. The van der Waals surface area contributed by atoms with Crippen molar-refractivity contribution in [2.75, 3.05) is 19.7 Å². The minimum absolute atomic E-state index is 0.00500. The summed E-state index contributed by atoms with van der Waals surface area (Å²) in [5.41, 5.74) is 2.18. The first-order valence-corrected chi connectivity index (χ1v) is 7.64. The van der Waals surface area contributed by atoms with Crippen molar-refractivity contribution >= 4 is 17.9 Å². The van der Waals surface area contributed by atoms with Crippen LogP contribution in [0.1, 0.15) is 24.5 Å². The summed E-state index contributed by atoms with van der Waals surface area (Å²) >= 11 is 0. The summed E-state index contributed by atoms with van der Waals surface area (Å²) in [5, 5.41) is 2.79. The molecule has 1 saturated heterocycles. The Kier molecular flexibility index (Phi) is 4.13. The van der Waals surface area contributed by atoms with Gasteiger partial charge in [-0.15, -0.1) is 0 Å². The predicted molar refractivity (Wildman–Crippen MR) is 83.5 cm³/mol. The van der Waals surface area contributed by atoms with Crippen LogP contribution in [0.5, 0.6) is 5.75 Å². The van der Waals surface area contributed by atoms with Crippen molar-refractivity contribution in [1.82, 2.24) is 10.2 Å². The van der Waals surface area contributed by atoms with E-state index < -0.39 is 0 Å². The van der Waals surface area contributed by atoms with Crippen LogP contribution in [0.2, 0.25) is 0 Å². The molecule has 1 unspecified atom stereocenters. The zero-order chi connectivity index (χ0) is 15.5. The van der Waals surface area contributed by atoms with Crippen LogP contribution >= 0.6 is 0 Å². The van der Waals surface area contributed by atoms with Crippen LogP contribution < -0.4 is 10.1 Å². The molecule has 5 nitrogen and oxygen atoms in total. The van der Waals surface area contributed by atoms with Gasteiger partial charge in [0.15, 0.2) is 0 Å². The van der Waals surface area contributed by atoms with Crippen molar-refractivity contribution in [2.45, 2.75) is 25.8 Å². The van der Waals surface area contributed by atoms with Gasteiger partial charge in [0.05, 0.1) is 6.61 Å². The van der Waals surface area contributed by atoms with E-state index in [1.165, 1.54) is 5.56 Å². The minimum Gasteiger partial charge on any atom is -0.493 e. The van der Waals surface area contributed by atoms with Gasteiger partial charge in [-0.1, -0.05) is 6.07 Å². The first-order valence-electron chi connectivity index (χ1n) is 7.64. The molecule has 2 heterocycles. The van der Waals surface area contributed by atoms with Crippen LogP contribution in [0.25, 0.3) is 6.08 Å². The van der Waals surface area contributed by atoms with Gasteiger partial charge in [-0.25, -0.2) is 0 Å². The van der Waals surface area contributed by atoms with Gasteiger partial charge < -0.3 is 15.0 Å². The normalized spacial score (nSPS) is 21.2. The molecule has 5 heteroatoms. The zero-order valence-corrected chi connectivity index (χ0v) is 12.7. The number of hydrogen-bond donors (Lipinski definition) is 1. The van der Waals surface area contributed by atoms with E-state index in [0.29, 0.717) is 19.5 Å². The van der Waals surface area contributed by atoms with Crippen molar-refractivity contribution < 1.29 is 14.3 Å². The highest BCUT2D eigenvalue weighted by Gasteiger charge is 2.23. The number of nitrogens with zero attached hydrogens (tertiary/aromatic N) is 1. The smallest absolute Gasteiger partial charge is 0.246 e. The number of carbonyl (C=O) groups is 2. The largest absolute Gasteiger partial charge is 0.493 e. The molecule has 1 N–H and O–H groups in total. The summed E-state index contributed by atoms with van der Waals surface area (Å²) < 4.78 is 5.47. The molecule has 0 bridgehead atoms. The molecular formula is C17H20N2O3. The van der Waals surface area contributed by atoms with Gasteiger partial charge in [0.25, 0.3) is 0 Å². The van der Waals surface area contributed by atoms with Crippen molar-refractivity contribution in [3.8, 4) is 5.75 Å². The Morgan fingerprint density at radius 2 is 2.32 bits per heavy atom. The van der Waals surface area contributed by atoms with Gasteiger partial charge in [-0.2, -0.15) is 0 Å². The molecule has 3 rings (SSSR count). The molecular weight excluding hydrogens is 280 g/mol. The molecule has 0 aromatic heterocycles. The van der Waals surface area contributed by atoms with Gasteiger partial charge in [0.1, 0.15) is 5.75 Å². The number of fused-ring (bicyclic) bond motifs is 1. The highest BCUT2D eigenvalue weighted by Crippen LogP contribution is 2.26. The molecule has 2 aliphatic heterocycles. The number of hydrogen-bond acceptors (Lipinski definition) is 3. The molecule has 116 valence electrons. The average Bonchev–Trinajstić information content (AvgIpc) is 2.89. The minimum atomic E-state index is -0.0759. The maximum atomic E-state index is 12.4. The fraction of sp³-hybridized carbons (Fsp3) is 0.412. The van der Waals surface area contributed by atoms with Crippen LogP contribution in [-0.2, 0) is 16.0 Å². The zero-order valence-electron chi connectivity index (χ0n) is 12.7. The Balaban J connectivity index is 1.69. The Hall–Kier alpha value is -2.30. The molecule has 1 atom stereocenters. The number of benzene rings is 1. The maximum Gasteiger partial charge on any atom is 0.246 e. The van der Waals surface area contributed by atoms with E-state index in [1.807, 2.05) is 25.1 Å². The number of nitrogens with one attached hydrogen (secondary N) is 1. The second-order valence-corrected chi connectivity index (χ2v) is 5.73. The van der Waals surface area contributed by atoms with Gasteiger partial charge in [0, 0.05) is 38.0 Å². The summed E-state index contributed by atoms with van der Waals surface area (Å²) in [7, 11) is 0. The van der Waals surface area contributed by atoms with Crippen LogP contribution in [0.4, 0.5) is 0 Å². The standard InChI is InChI=1S/C17H20N2O3/c1-12-10-16(20)18-7-8-19(12)17(21)5-3-13-2-4-15-14(11-13)6-9-22-15/h2-5,11-12H,6-10H2,1H3,(H,18,20)/b5-3+. The second kappa shape index (κ2) is 6.22. The van der Waals surface area contributed by atoms with Crippen molar-refractivity contribution in [3.63, 3.8) is 0 Å². The van der Waals surface area contributed by atoms with Gasteiger partial charge >= 0.3 is 0 Å². The van der Waals surface area contributed by atoms with Crippen LogP contribution in [0, 0.1) is 0 Å². The molecule has 2 aliphatic rings. The third kappa shape index (κ3) is 3.13. The predicted octanol–water partition coefficient (Wildman–Crippen LogP) is 1.37. The van der Waals surface area contributed by atoms with Crippen LogP contribution in [0.15, 0.2) is 24.3 Å². The number of ether oxygens (including phenoxy) is 1. The van der Waals surface area contributed by atoms with Gasteiger partial charge in [-0.05, 0) is 36.3 Å². The van der Waals surface area contributed by atoms with E-state index in [1.54, 1.807) is 11.0 Å². The SMILES string of the molecule is CC1CC(=O)NCCN1C(=O)/C=C/c1ccc2c(c1)CCO2. The molecule has 0 aliphatic carbocycles. The Morgan fingerprint density at radius 3 is 3.18 bits per heavy atom. The van der Waals surface area contributed by atoms with Crippen LogP contribution in [0.3, 0.4) is 0 Å². The van der Waals surface area contributed by atoms with E-state index >= 15 is 0 Å². The van der Waals surface area contributed by atoms with Crippen molar-refractivity contribution in [2.24, 2.45) is 0 Å². The van der Waals surface area contributed by atoms with E-state index in [-0.39, 0.29) is 17.9 Å². The monoisotopic (exact) mass is 300 g/mol. The third-order valence-electron chi connectivity index (χ3n) is 4.10. The lowest BCUT2D eigenvalue weighted by Gasteiger charge is -2.24.